The highest BCUT2D eigenvalue weighted by Crippen LogP contribution is 2.26. The van der Waals surface area contributed by atoms with Crippen LogP contribution in [0, 0.1) is 0 Å². The summed E-state index contributed by atoms with van der Waals surface area (Å²) >= 11 is 7.28. The summed E-state index contributed by atoms with van der Waals surface area (Å²) in [6, 6.07) is 11.0. The van der Waals surface area contributed by atoms with Crippen molar-refractivity contribution >= 4 is 58.8 Å². The van der Waals surface area contributed by atoms with Gasteiger partial charge in [0, 0.05) is 30.1 Å². The number of aliphatic hydroxyl groups is 1. The second-order valence-corrected chi connectivity index (χ2v) is 7.94. The van der Waals surface area contributed by atoms with Crippen LogP contribution in [0.5, 0.6) is 0 Å². The lowest BCUT2D eigenvalue weighted by atomic mass is 10.1. The van der Waals surface area contributed by atoms with Gasteiger partial charge in [-0.2, -0.15) is 0 Å². The minimum absolute atomic E-state index is 0. The van der Waals surface area contributed by atoms with E-state index in [0.29, 0.717) is 42.0 Å². The number of nitrogens with zero attached hydrogens (tertiary/aromatic N) is 1. The van der Waals surface area contributed by atoms with E-state index in [9.17, 15) is 9.90 Å². The predicted octanol–water partition coefficient (Wildman–Crippen LogP) is 3.95. The number of hydrogen-bond donors (Lipinski definition) is 4. The number of aliphatic imine (C=N–C) groups is 1. The van der Waals surface area contributed by atoms with Crippen LogP contribution in [0.4, 0.5) is 0 Å². The number of carbonyl (C=O) groups is 1. The molecule has 1 amide bonds. The first kappa shape index (κ1) is 25.7. The van der Waals surface area contributed by atoms with Crippen LogP contribution in [-0.2, 0) is 6.54 Å². The van der Waals surface area contributed by atoms with Crippen molar-refractivity contribution in [2.45, 2.75) is 32.9 Å². The van der Waals surface area contributed by atoms with E-state index in [1.54, 1.807) is 12.1 Å². The van der Waals surface area contributed by atoms with E-state index in [-0.39, 0.29) is 29.9 Å². The van der Waals surface area contributed by atoms with Gasteiger partial charge in [0.25, 0.3) is 5.91 Å². The Morgan fingerprint density at radius 1 is 1.21 bits per heavy atom. The first-order valence-corrected chi connectivity index (χ1v) is 10.6. The van der Waals surface area contributed by atoms with Gasteiger partial charge in [-0.15, -0.1) is 35.3 Å². The molecule has 1 aromatic heterocycles. The standard InChI is InChI=1S/C20H27ClN4O2S.HI/c1-3-10-23-19(27)15-7-5-6-14(11-15)12-24-20(22-4-2)25-13-16(26)17-8-9-18(21)28-17;/h5-9,11,16,26H,3-4,10,12-13H2,1-2H3,(H,23,27)(H2,22,24,25);1H. The number of guanidine groups is 1. The molecule has 9 heteroatoms. The molecule has 0 radical (unpaired) electrons. The maximum absolute atomic E-state index is 12.1. The summed E-state index contributed by atoms with van der Waals surface area (Å²) in [5.74, 6) is 0.528. The quantitative estimate of drug-likeness (QED) is 0.216. The second kappa shape index (κ2) is 13.8. The fraction of sp³-hybridized carbons (Fsp3) is 0.400. The first-order chi connectivity index (χ1) is 13.5. The molecule has 1 aromatic carbocycles. The summed E-state index contributed by atoms with van der Waals surface area (Å²) < 4.78 is 0.650. The largest absolute Gasteiger partial charge is 0.386 e. The molecule has 29 heavy (non-hydrogen) atoms. The molecule has 2 aromatic rings. The number of thiophene rings is 1. The van der Waals surface area contributed by atoms with Crippen LogP contribution in [0.1, 0.15) is 47.2 Å². The Bertz CT molecular complexity index is 800. The average molecular weight is 551 g/mol. The smallest absolute Gasteiger partial charge is 0.251 e. The molecule has 0 aliphatic carbocycles. The summed E-state index contributed by atoms with van der Waals surface area (Å²) in [6.45, 7) is 6.10. The molecule has 4 N–H and O–H groups in total. The maximum atomic E-state index is 12.1. The van der Waals surface area contributed by atoms with Crippen LogP contribution in [0.3, 0.4) is 0 Å². The topological polar surface area (TPSA) is 85.8 Å². The maximum Gasteiger partial charge on any atom is 0.251 e. The van der Waals surface area contributed by atoms with E-state index in [2.05, 4.69) is 20.9 Å². The van der Waals surface area contributed by atoms with Gasteiger partial charge in [-0.25, -0.2) is 4.99 Å². The Morgan fingerprint density at radius 2 is 2.00 bits per heavy atom. The molecular formula is C20H28ClIN4O2S. The molecule has 2 rings (SSSR count). The zero-order valence-electron chi connectivity index (χ0n) is 16.6. The lowest BCUT2D eigenvalue weighted by Gasteiger charge is -2.14. The van der Waals surface area contributed by atoms with E-state index in [1.807, 2.05) is 38.1 Å². The van der Waals surface area contributed by atoms with Gasteiger partial charge in [-0.3, -0.25) is 4.79 Å². The normalized spacial score (nSPS) is 12.1. The minimum Gasteiger partial charge on any atom is -0.386 e. The Hall–Kier alpha value is -1.36. The van der Waals surface area contributed by atoms with Gasteiger partial charge in [-0.1, -0.05) is 30.7 Å². The van der Waals surface area contributed by atoms with Gasteiger partial charge < -0.3 is 21.1 Å². The molecule has 0 saturated carbocycles. The monoisotopic (exact) mass is 550 g/mol. The first-order valence-electron chi connectivity index (χ1n) is 9.36. The fourth-order valence-electron chi connectivity index (χ4n) is 2.46. The third-order valence-corrected chi connectivity index (χ3v) is 5.21. The summed E-state index contributed by atoms with van der Waals surface area (Å²) in [4.78, 5) is 17.5. The second-order valence-electron chi connectivity index (χ2n) is 6.19. The number of aliphatic hydroxyl groups excluding tert-OH is 1. The summed E-state index contributed by atoms with van der Waals surface area (Å²) in [5.41, 5.74) is 1.57. The summed E-state index contributed by atoms with van der Waals surface area (Å²) in [6.07, 6.45) is 0.240. The highest BCUT2D eigenvalue weighted by atomic mass is 127. The Balaban J connectivity index is 0.00000420. The fourth-order valence-corrected chi connectivity index (χ4v) is 3.51. The van der Waals surface area contributed by atoms with Crippen molar-refractivity contribution in [2.75, 3.05) is 19.6 Å². The molecule has 0 bridgehead atoms. The number of hydrogen-bond acceptors (Lipinski definition) is 4. The molecule has 0 fully saturated rings. The van der Waals surface area contributed by atoms with Gasteiger partial charge in [0.2, 0.25) is 0 Å². The number of amides is 1. The molecule has 0 aliphatic rings. The summed E-state index contributed by atoms with van der Waals surface area (Å²) in [5, 5.41) is 19.4. The number of halogens is 2. The molecule has 0 spiro atoms. The van der Waals surface area contributed by atoms with Gasteiger partial charge in [0.1, 0.15) is 6.10 Å². The lowest BCUT2D eigenvalue weighted by molar-refractivity contribution is 0.0953. The predicted molar refractivity (Wildman–Crippen MR) is 132 cm³/mol. The Labute approximate surface area is 198 Å². The van der Waals surface area contributed by atoms with Crippen LogP contribution >= 0.6 is 46.9 Å². The Kier molecular flexibility index (Phi) is 12.2. The number of benzene rings is 1. The van der Waals surface area contributed by atoms with E-state index in [0.717, 1.165) is 16.9 Å². The molecule has 6 nitrogen and oxygen atoms in total. The highest BCUT2D eigenvalue weighted by Gasteiger charge is 2.11. The van der Waals surface area contributed by atoms with Gasteiger partial charge in [0.05, 0.1) is 10.9 Å². The average Bonchev–Trinajstić information content (AvgIpc) is 3.14. The van der Waals surface area contributed by atoms with Crippen LogP contribution in [0.2, 0.25) is 4.34 Å². The minimum atomic E-state index is -0.660. The molecule has 0 aliphatic heterocycles. The third kappa shape index (κ3) is 8.90. The van der Waals surface area contributed by atoms with E-state index in [4.69, 9.17) is 11.6 Å². The molecule has 1 unspecified atom stereocenters. The van der Waals surface area contributed by atoms with Crippen LogP contribution < -0.4 is 16.0 Å². The zero-order valence-corrected chi connectivity index (χ0v) is 20.5. The van der Waals surface area contributed by atoms with Crippen molar-refractivity contribution in [3.05, 3.63) is 56.7 Å². The van der Waals surface area contributed by atoms with Gasteiger partial charge >= 0.3 is 0 Å². The molecule has 0 saturated heterocycles. The van der Waals surface area contributed by atoms with E-state index in [1.165, 1.54) is 11.3 Å². The third-order valence-electron chi connectivity index (χ3n) is 3.87. The number of nitrogens with one attached hydrogen (secondary N) is 3. The van der Waals surface area contributed by atoms with Crippen LogP contribution in [0.15, 0.2) is 41.4 Å². The van der Waals surface area contributed by atoms with Crippen LogP contribution in [0.25, 0.3) is 0 Å². The van der Waals surface area contributed by atoms with Gasteiger partial charge in [-0.05, 0) is 43.2 Å². The molecule has 1 atom stereocenters. The highest BCUT2D eigenvalue weighted by molar-refractivity contribution is 14.0. The van der Waals surface area contributed by atoms with Crippen molar-refractivity contribution in [3.63, 3.8) is 0 Å². The molecule has 1 heterocycles. The van der Waals surface area contributed by atoms with Crippen molar-refractivity contribution in [1.29, 1.82) is 0 Å². The molecule has 160 valence electrons. The van der Waals surface area contributed by atoms with Crippen molar-refractivity contribution in [3.8, 4) is 0 Å². The van der Waals surface area contributed by atoms with Crippen LogP contribution in [-0.4, -0.2) is 36.6 Å². The molecular weight excluding hydrogens is 523 g/mol. The number of carbonyl (C=O) groups excluding carboxylic acids is 1. The van der Waals surface area contributed by atoms with Gasteiger partial charge in [0.15, 0.2) is 5.96 Å². The number of rotatable bonds is 9. The lowest BCUT2D eigenvalue weighted by Crippen LogP contribution is -2.39. The Morgan fingerprint density at radius 3 is 2.66 bits per heavy atom. The van der Waals surface area contributed by atoms with Crippen molar-refractivity contribution < 1.29 is 9.90 Å². The summed E-state index contributed by atoms with van der Waals surface area (Å²) in [7, 11) is 0. The van der Waals surface area contributed by atoms with E-state index >= 15 is 0 Å². The van der Waals surface area contributed by atoms with Crippen molar-refractivity contribution in [2.24, 2.45) is 4.99 Å². The van der Waals surface area contributed by atoms with E-state index < -0.39 is 6.10 Å². The van der Waals surface area contributed by atoms with Crippen molar-refractivity contribution in [1.82, 2.24) is 16.0 Å². The SMILES string of the molecule is CCCNC(=O)c1cccc(CN=C(NCC)NCC(O)c2ccc(Cl)s2)c1.I. The zero-order chi connectivity index (χ0) is 20.4.